The molecular weight excluding hydrogens is 256 g/mol. The lowest BCUT2D eigenvalue weighted by molar-refractivity contribution is -0.124. The molecule has 1 amide bonds. The summed E-state index contributed by atoms with van der Waals surface area (Å²) in [6, 6.07) is 0.525. The highest BCUT2D eigenvalue weighted by Crippen LogP contribution is 2.25. The monoisotopic (exact) mass is 286 g/mol. The predicted molar refractivity (Wildman–Crippen MR) is 84.4 cm³/mol. The first kappa shape index (κ1) is 16.8. The van der Waals surface area contributed by atoms with Gasteiger partial charge in [-0.05, 0) is 50.0 Å². The summed E-state index contributed by atoms with van der Waals surface area (Å²) in [4.78, 5) is 11.6. The molecule has 112 valence electrons. The van der Waals surface area contributed by atoms with Crippen LogP contribution < -0.4 is 11.1 Å². The van der Waals surface area contributed by atoms with Crippen molar-refractivity contribution in [3.63, 3.8) is 0 Å². The number of rotatable bonds is 11. The average molecular weight is 286 g/mol. The van der Waals surface area contributed by atoms with Crippen molar-refractivity contribution in [1.29, 1.82) is 0 Å². The highest BCUT2D eigenvalue weighted by atomic mass is 32.2. The van der Waals surface area contributed by atoms with Crippen LogP contribution in [0.25, 0.3) is 0 Å². The molecule has 2 unspecified atom stereocenters. The fourth-order valence-electron chi connectivity index (χ4n) is 2.03. The Balaban J connectivity index is 2.12. The van der Waals surface area contributed by atoms with Crippen LogP contribution in [0.2, 0.25) is 0 Å². The van der Waals surface area contributed by atoms with Gasteiger partial charge >= 0.3 is 0 Å². The second kappa shape index (κ2) is 8.15. The molecular formula is C15H30N2OS. The number of primary amides is 1. The summed E-state index contributed by atoms with van der Waals surface area (Å²) >= 11 is 2.03. The molecule has 0 aromatic rings. The topological polar surface area (TPSA) is 55.1 Å². The summed E-state index contributed by atoms with van der Waals surface area (Å²) in [6.45, 7) is 6.50. The molecule has 1 saturated carbocycles. The van der Waals surface area contributed by atoms with Crippen molar-refractivity contribution in [2.24, 2.45) is 11.7 Å². The molecule has 0 aromatic heterocycles. The van der Waals surface area contributed by atoms with Crippen LogP contribution in [0.4, 0.5) is 0 Å². The zero-order valence-corrected chi connectivity index (χ0v) is 13.5. The van der Waals surface area contributed by atoms with Crippen LogP contribution in [0.5, 0.6) is 0 Å². The molecule has 0 heterocycles. The van der Waals surface area contributed by atoms with Crippen LogP contribution >= 0.6 is 11.8 Å². The third-order valence-corrected chi connectivity index (χ3v) is 5.34. The van der Waals surface area contributed by atoms with Gasteiger partial charge in [0, 0.05) is 6.04 Å². The molecule has 0 radical (unpaired) electrons. The summed E-state index contributed by atoms with van der Waals surface area (Å²) < 4.78 is 0. The van der Waals surface area contributed by atoms with Gasteiger partial charge in [-0.3, -0.25) is 4.79 Å². The summed E-state index contributed by atoms with van der Waals surface area (Å²) in [7, 11) is 0. The second-order valence-corrected chi connectivity index (χ2v) is 7.31. The molecule has 0 bridgehead atoms. The lowest BCUT2D eigenvalue weighted by atomic mass is 9.94. The highest BCUT2D eigenvalue weighted by Gasteiger charge is 2.36. The van der Waals surface area contributed by atoms with Crippen molar-refractivity contribution >= 4 is 17.7 Å². The van der Waals surface area contributed by atoms with E-state index in [0.29, 0.717) is 6.04 Å². The van der Waals surface area contributed by atoms with Gasteiger partial charge in [-0.2, -0.15) is 11.8 Å². The number of nitrogens with one attached hydrogen (secondary N) is 1. The zero-order chi connectivity index (χ0) is 14.3. The maximum absolute atomic E-state index is 11.6. The Morgan fingerprint density at radius 2 is 2.16 bits per heavy atom. The van der Waals surface area contributed by atoms with Gasteiger partial charge in [0.05, 0.1) is 5.54 Å². The predicted octanol–water partition coefficient (Wildman–Crippen LogP) is 2.93. The molecule has 3 nitrogen and oxygen atoms in total. The van der Waals surface area contributed by atoms with Crippen molar-refractivity contribution in [2.45, 2.75) is 70.9 Å². The van der Waals surface area contributed by atoms with E-state index in [4.69, 9.17) is 5.73 Å². The highest BCUT2D eigenvalue weighted by molar-refractivity contribution is 7.99. The van der Waals surface area contributed by atoms with Crippen molar-refractivity contribution in [1.82, 2.24) is 5.32 Å². The number of carbonyl (C=O) groups is 1. The number of hydrogen-bond donors (Lipinski definition) is 2. The van der Waals surface area contributed by atoms with Gasteiger partial charge in [0.25, 0.3) is 0 Å². The zero-order valence-electron chi connectivity index (χ0n) is 12.7. The lowest BCUT2D eigenvalue weighted by Crippen LogP contribution is -2.53. The average Bonchev–Trinajstić information content (AvgIpc) is 3.16. The van der Waals surface area contributed by atoms with Crippen LogP contribution in [0.1, 0.15) is 59.3 Å². The van der Waals surface area contributed by atoms with Crippen molar-refractivity contribution in [3.05, 3.63) is 0 Å². The van der Waals surface area contributed by atoms with Crippen LogP contribution in [0.3, 0.4) is 0 Å². The quantitative estimate of drug-likeness (QED) is 0.574. The van der Waals surface area contributed by atoms with Crippen LogP contribution in [0.15, 0.2) is 0 Å². The molecule has 0 spiro atoms. The van der Waals surface area contributed by atoms with E-state index < -0.39 is 5.54 Å². The van der Waals surface area contributed by atoms with Gasteiger partial charge in [0.1, 0.15) is 0 Å². The lowest BCUT2D eigenvalue weighted by Gasteiger charge is -2.27. The van der Waals surface area contributed by atoms with E-state index >= 15 is 0 Å². The third kappa shape index (κ3) is 6.66. The van der Waals surface area contributed by atoms with Gasteiger partial charge in [-0.1, -0.05) is 26.7 Å². The van der Waals surface area contributed by atoms with Crippen molar-refractivity contribution in [2.75, 3.05) is 11.5 Å². The molecule has 19 heavy (non-hydrogen) atoms. The first-order valence-corrected chi connectivity index (χ1v) is 8.78. The van der Waals surface area contributed by atoms with E-state index in [1.54, 1.807) is 0 Å². The standard InChI is InChI=1S/C15H30N2OS/c1-4-12(2)11-19-10-6-5-9-15(3,14(16)18)17-13-7-8-13/h12-13,17H,4-11H2,1-3H3,(H2,16,18). The molecule has 1 aliphatic carbocycles. The van der Waals surface area contributed by atoms with Crippen molar-refractivity contribution in [3.8, 4) is 0 Å². The minimum Gasteiger partial charge on any atom is -0.368 e. The molecule has 1 rings (SSSR count). The number of amides is 1. The van der Waals surface area contributed by atoms with Gasteiger partial charge in [-0.25, -0.2) is 0 Å². The Kier molecular flexibility index (Phi) is 7.22. The number of hydrogen-bond acceptors (Lipinski definition) is 3. The Bertz CT molecular complexity index is 281. The molecule has 1 fully saturated rings. The minimum atomic E-state index is -0.497. The Hall–Kier alpha value is -0.220. The Labute approximate surface area is 122 Å². The van der Waals surface area contributed by atoms with Gasteiger partial charge in [0.2, 0.25) is 5.91 Å². The van der Waals surface area contributed by atoms with E-state index in [0.717, 1.165) is 18.8 Å². The fourth-order valence-corrected chi connectivity index (χ4v) is 3.24. The maximum Gasteiger partial charge on any atom is 0.237 e. The Morgan fingerprint density at radius 1 is 1.47 bits per heavy atom. The normalized spacial score (nSPS) is 19.9. The van der Waals surface area contributed by atoms with E-state index in [9.17, 15) is 4.79 Å². The van der Waals surface area contributed by atoms with Crippen LogP contribution in [0, 0.1) is 5.92 Å². The van der Waals surface area contributed by atoms with Crippen LogP contribution in [-0.2, 0) is 4.79 Å². The summed E-state index contributed by atoms with van der Waals surface area (Å²) in [5, 5.41) is 3.40. The van der Waals surface area contributed by atoms with Gasteiger partial charge < -0.3 is 11.1 Å². The third-order valence-electron chi connectivity index (χ3n) is 3.96. The molecule has 4 heteroatoms. The fraction of sp³-hybridized carbons (Fsp3) is 0.933. The Morgan fingerprint density at radius 3 is 2.68 bits per heavy atom. The van der Waals surface area contributed by atoms with Gasteiger partial charge in [-0.15, -0.1) is 0 Å². The van der Waals surface area contributed by atoms with E-state index in [-0.39, 0.29) is 5.91 Å². The minimum absolute atomic E-state index is 0.202. The first-order valence-electron chi connectivity index (χ1n) is 7.63. The molecule has 0 aliphatic heterocycles. The molecule has 3 N–H and O–H groups in total. The van der Waals surface area contributed by atoms with E-state index in [2.05, 4.69) is 19.2 Å². The maximum atomic E-state index is 11.6. The first-order chi connectivity index (χ1) is 8.98. The largest absolute Gasteiger partial charge is 0.368 e. The number of thioether (sulfide) groups is 1. The van der Waals surface area contributed by atoms with E-state index in [1.165, 1.54) is 37.2 Å². The van der Waals surface area contributed by atoms with Gasteiger partial charge in [0.15, 0.2) is 0 Å². The summed E-state index contributed by atoms with van der Waals surface area (Å²) in [5.74, 6) is 3.07. The molecule has 1 aliphatic rings. The summed E-state index contributed by atoms with van der Waals surface area (Å²) in [5.41, 5.74) is 5.04. The number of nitrogens with two attached hydrogens (primary N) is 1. The SMILES string of the molecule is CCC(C)CSCCCCC(C)(NC1CC1)C(N)=O. The number of unbranched alkanes of at least 4 members (excludes halogenated alkanes) is 1. The molecule has 0 saturated heterocycles. The van der Waals surface area contributed by atoms with E-state index in [1.807, 2.05) is 18.7 Å². The molecule has 2 atom stereocenters. The number of carbonyl (C=O) groups excluding carboxylic acids is 1. The van der Waals surface area contributed by atoms with Crippen molar-refractivity contribution < 1.29 is 4.79 Å². The van der Waals surface area contributed by atoms with Crippen LogP contribution in [-0.4, -0.2) is 29.0 Å². The smallest absolute Gasteiger partial charge is 0.237 e. The molecule has 0 aromatic carbocycles. The second-order valence-electron chi connectivity index (χ2n) is 6.16. The summed E-state index contributed by atoms with van der Waals surface area (Å²) in [6.07, 6.45) is 6.75.